The number of rotatable bonds is 7. The van der Waals surface area contributed by atoms with E-state index in [1.807, 2.05) is 36.4 Å². The summed E-state index contributed by atoms with van der Waals surface area (Å²) in [7, 11) is 1.61. The van der Waals surface area contributed by atoms with Gasteiger partial charge < -0.3 is 18.9 Å². The molecule has 146 valence electrons. The molecule has 0 atom stereocenters. The average Bonchev–Trinajstić information content (AvgIpc) is 3.41. The summed E-state index contributed by atoms with van der Waals surface area (Å²) in [6, 6.07) is 17.9. The second-order valence-corrected chi connectivity index (χ2v) is 6.51. The van der Waals surface area contributed by atoms with E-state index >= 15 is 0 Å². The van der Waals surface area contributed by atoms with Crippen molar-refractivity contribution in [2.45, 2.75) is 12.8 Å². The molecule has 6 heteroatoms. The van der Waals surface area contributed by atoms with Crippen LogP contribution in [0, 0.1) is 0 Å². The van der Waals surface area contributed by atoms with Gasteiger partial charge in [-0.05, 0) is 48.4 Å². The molecule has 0 aliphatic carbocycles. The van der Waals surface area contributed by atoms with Crippen molar-refractivity contribution in [2.75, 3.05) is 12.4 Å². The number of fused-ring (bicyclic) bond motifs is 1. The molecule has 2 aromatic carbocycles. The molecule has 1 N–H and O–H groups in total. The molecule has 0 aliphatic heterocycles. The van der Waals surface area contributed by atoms with E-state index in [4.69, 9.17) is 13.6 Å². The van der Waals surface area contributed by atoms with Gasteiger partial charge >= 0.3 is 0 Å². The zero-order valence-corrected chi connectivity index (χ0v) is 15.8. The highest BCUT2D eigenvalue weighted by Gasteiger charge is 2.24. The summed E-state index contributed by atoms with van der Waals surface area (Å²) in [6.07, 6.45) is 2.25. The van der Waals surface area contributed by atoms with Gasteiger partial charge in [-0.25, -0.2) is 0 Å². The van der Waals surface area contributed by atoms with Crippen LogP contribution >= 0.6 is 0 Å². The van der Waals surface area contributed by atoms with Crippen molar-refractivity contribution in [2.24, 2.45) is 0 Å². The van der Waals surface area contributed by atoms with Gasteiger partial charge in [0.15, 0.2) is 5.76 Å². The molecule has 2 heterocycles. The topological polar surface area (TPSA) is 81.7 Å². The summed E-state index contributed by atoms with van der Waals surface area (Å²) >= 11 is 0. The Bertz CT molecular complexity index is 1140. The van der Waals surface area contributed by atoms with Gasteiger partial charge in [-0.1, -0.05) is 24.3 Å². The quantitative estimate of drug-likeness (QED) is 0.458. The highest BCUT2D eigenvalue weighted by Crippen LogP contribution is 2.32. The highest BCUT2D eigenvalue weighted by atomic mass is 16.5. The van der Waals surface area contributed by atoms with Gasteiger partial charge in [0.2, 0.25) is 11.7 Å². The highest BCUT2D eigenvalue weighted by molar-refractivity contribution is 6.16. The second-order valence-electron chi connectivity index (χ2n) is 6.51. The molecule has 29 heavy (non-hydrogen) atoms. The maximum Gasteiger partial charge on any atom is 0.265 e. The van der Waals surface area contributed by atoms with E-state index in [0.717, 1.165) is 11.3 Å². The lowest BCUT2D eigenvalue weighted by Crippen LogP contribution is -2.14. The number of ether oxygens (including phenoxy) is 1. The zero-order chi connectivity index (χ0) is 20.2. The Balaban J connectivity index is 1.55. The molecule has 0 radical (unpaired) electrons. The van der Waals surface area contributed by atoms with Gasteiger partial charge in [0, 0.05) is 11.8 Å². The van der Waals surface area contributed by atoms with Crippen LogP contribution < -0.4 is 10.1 Å². The number of ketones is 1. The number of hydrogen-bond acceptors (Lipinski definition) is 5. The van der Waals surface area contributed by atoms with Gasteiger partial charge in [0.1, 0.15) is 11.3 Å². The number of carbonyl (C=O) groups excluding carboxylic acids is 2. The predicted molar refractivity (Wildman–Crippen MR) is 108 cm³/mol. The smallest absolute Gasteiger partial charge is 0.265 e. The van der Waals surface area contributed by atoms with Crippen LogP contribution in [0.3, 0.4) is 0 Å². The van der Waals surface area contributed by atoms with Gasteiger partial charge in [0.05, 0.1) is 19.1 Å². The van der Waals surface area contributed by atoms with E-state index < -0.39 is 5.78 Å². The Kier molecular flexibility index (Phi) is 5.16. The normalized spacial score (nSPS) is 10.8. The lowest BCUT2D eigenvalue weighted by Gasteiger charge is -2.06. The van der Waals surface area contributed by atoms with Crippen molar-refractivity contribution in [1.82, 2.24) is 0 Å². The number of methoxy groups -OCH3 is 1. The van der Waals surface area contributed by atoms with E-state index in [0.29, 0.717) is 23.1 Å². The van der Waals surface area contributed by atoms with Crippen LogP contribution in [0.5, 0.6) is 5.75 Å². The molecular formula is C23H19NO5. The molecule has 2 aromatic heterocycles. The van der Waals surface area contributed by atoms with Crippen molar-refractivity contribution in [1.29, 1.82) is 0 Å². The van der Waals surface area contributed by atoms with E-state index in [1.165, 1.54) is 6.26 Å². The first-order valence-electron chi connectivity index (χ1n) is 9.18. The molecule has 4 rings (SSSR count). The molecule has 0 bridgehead atoms. The van der Waals surface area contributed by atoms with Crippen LogP contribution in [0.15, 0.2) is 75.8 Å². The van der Waals surface area contributed by atoms with Crippen LogP contribution in [0.1, 0.15) is 28.3 Å². The minimum Gasteiger partial charge on any atom is -0.497 e. The van der Waals surface area contributed by atoms with Crippen LogP contribution in [0.25, 0.3) is 11.0 Å². The lowest BCUT2D eigenvalue weighted by atomic mass is 10.1. The maximum atomic E-state index is 12.8. The van der Waals surface area contributed by atoms with Gasteiger partial charge in [-0.3, -0.25) is 9.59 Å². The van der Waals surface area contributed by atoms with Gasteiger partial charge in [-0.2, -0.15) is 0 Å². The second kappa shape index (κ2) is 8.06. The first kappa shape index (κ1) is 18.6. The monoisotopic (exact) mass is 389 g/mol. The first-order chi connectivity index (χ1) is 14.2. The third-order valence-electron chi connectivity index (χ3n) is 4.61. The number of amides is 1. The van der Waals surface area contributed by atoms with E-state index in [1.54, 1.807) is 31.4 Å². The number of carbonyl (C=O) groups is 2. The van der Waals surface area contributed by atoms with Crippen molar-refractivity contribution in [3.8, 4) is 5.75 Å². The fraction of sp³-hybridized carbons (Fsp3) is 0.130. The van der Waals surface area contributed by atoms with Crippen molar-refractivity contribution in [3.05, 3.63) is 84.0 Å². The zero-order valence-electron chi connectivity index (χ0n) is 15.8. The Labute approximate surface area is 167 Å². The van der Waals surface area contributed by atoms with E-state index in [2.05, 4.69) is 5.32 Å². The average molecular weight is 389 g/mol. The van der Waals surface area contributed by atoms with Crippen molar-refractivity contribution < 1.29 is 23.2 Å². The Morgan fingerprint density at radius 1 is 1.00 bits per heavy atom. The molecule has 0 saturated heterocycles. The third kappa shape index (κ3) is 3.91. The molecular weight excluding hydrogens is 370 g/mol. The largest absolute Gasteiger partial charge is 0.497 e. The molecule has 0 aliphatic rings. The van der Waals surface area contributed by atoms with Crippen molar-refractivity contribution >= 4 is 28.3 Å². The van der Waals surface area contributed by atoms with Gasteiger partial charge in [0.25, 0.3) is 5.78 Å². The number of para-hydroxylation sites is 1. The number of furan rings is 2. The molecule has 0 spiro atoms. The minimum absolute atomic E-state index is 0.0546. The third-order valence-corrected chi connectivity index (χ3v) is 4.61. The summed E-state index contributed by atoms with van der Waals surface area (Å²) in [5, 5.41) is 3.52. The number of aryl methyl sites for hydroxylation is 1. The molecule has 0 saturated carbocycles. The lowest BCUT2D eigenvalue weighted by molar-refractivity contribution is -0.116. The number of hydrogen-bond donors (Lipinski definition) is 1. The minimum atomic E-state index is -0.420. The van der Waals surface area contributed by atoms with Crippen LogP contribution in [-0.2, 0) is 11.2 Å². The van der Waals surface area contributed by atoms with Crippen LogP contribution in [0.4, 0.5) is 5.69 Å². The number of benzene rings is 2. The van der Waals surface area contributed by atoms with E-state index in [9.17, 15) is 9.59 Å². The molecule has 1 amide bonds. The molecule has 0 fully saturated rings. The maximum absolute atomic E-state index is 12.8. The summed E-state index contributed by atoms with van der Waals surface area (Å²) in [4.78, 5) is 25.4. The number of anilines is 1. The summed E-state index contributed by atoms with van der Waals surface area (Å²) < 4.78 is 16.1. The number of nitrogens with one attached hydrogen (secondary N) is 1. The fourth-order valence-electron chi connectivity index (χ4n) is 3.10. The summed E-state index contributed by atoms with van der Waals surface area (Å²) in [5.74, 6) is 0.346. The Hall–Kier alpha value is -3.80. The van der Waals surface area contributed by atoms with Crippen LogP contribution in [0.2, 0.25) is 0 Å². The Morgan fingerprint density at radius 2 is 1.79 bits per heavy atom. The standard InChI is InChI=1S/C23H19NO5/c1-27-16-11-8-15(9-12-16)10-13-20(25)24-21-17-5-2-3-6-18(17)29-23(21)22(26)19-7-4-14-28-19/h2-9,11-12,14H,10,13H2,1H3,(H,24,25). The molecule has 4 aromatic rings. The summed E-state index contributed by atoms with van der Waals surface area (Å²) in [5.41, 5.74) is 1.90. The predicted octanol–water partition coefficient (Wildman–Crippen LogP) is 4.84. The summed E-state index contributed by atoms with van der Waals surface area (Å²) in [6.45, 7) is 0. The fourth-order valence-corrected chi connectivity index (χ4v) is 3.10. The van der Waals surface area contributed by atoms with E-state index in [-0.39, 0.29) is 23.8 Å². The molecule has 0 unspecified atom stereocenters. The van der Waals surface area contributed by atoms with Crippen LogP contribution in [-0.4, -0.2) is 18.8 Å². The Morgan fingerprint density at radius 3 is 2.52 bits per heavy atom. The molecule has 6 nitrogen and oxygen atoms in total. The van der Waals surface area contributed by atoms with Crippen molar-refractivity contribution in [3.63, 3.8) is 0 Å². The SMILES string of the molecule is COc1ccc(CCC(=O)Nc2c(C(=O)c3ccco3)oc3ccccc23)cc1. The van der Waals surface area contributed by atoms with Gasteiger partial charge in [-0.15, -0.1) is 0 Å². The first-order valence-corrected chi connectivity index (χ1v) is 9.18.